The Morgan fingerprint density at radius 3 is 2.69 bits per heavy atom. The molecule has 0 radical (unpaired) electrons. The quantitative estimate of drug-likeness (QED) is 0.818. The Bertz CT molecular complexity index is 352. The molecule has 90 valence electrons. The number of aryl methyl sites for hydroxylation is 1. The van der Waals surface area contributed by atoms with Crippen LogP contribution in [0.1, 0.15) is 32.2 Å². The molecule has 1 rings (SSSR count). The minimum Gasteiger partial charge on any atom is -0.320 e. The highest BCUT2D eigenvalue weighted by molar-refractivity contribution is 7.15. The van der Waals surface area contributed by atoms with E-state index in [2.05, 4.69) is 15.5 Å². The predicted molar refractivity (Wildman–Crippen MR) is 65.3 cm³/mol. The molecule has 6 heteroatoms. The normalized spacial score (nSPS) is 14.5. The third-order valence-corrected chi connectivity index (χ3v) is 3.54. The number of nitrogens with one attached hydrogen (secondary N) is 1. The summed E-state index contributed by atoms with van der Waals surface area (Å²) in [7, 11) is 0. The highest BCUT2D eigenvalue weighted by atomic mass is 32.1. The maximum Gasteiger partial charge on any atom is 0.243 e. The zero-order valence-electron chi connectivity index (χ0n) is 9.86. The van der Waals surface area contributed by atoms with E-state index in [1.807, 2.05) is 20.8 Å². The summed E-state index contributed by atoms with van der Waals surface area (Å²) in [6.45, 7) is 5.97. The van der Waals surface area contributed by atoms with Gasteiger partial charge in [-0.3, -0.25) is 10.1 Å². The van der Waals surface area contributed by atoms with Gasteiger partial charge in [-0.15, -0.1) is 10.2 Å². The lowest BCUT2D eigenvalue weighted by Gasteiger charge is -2.16. The fraction of sp³-hybridized carbons (Fsp3) is 0.700. The number of hydrogen-bond acceptors (Lipinski definition) is 5. The van der Waals surface area contributed by atoms with E-state index in [0.717, 1.165) is 17.8 Å². The van der Waals surface area contributed by atoms with Gasteiger partial charge in [-0.05, 0) is 12.3 Å². The van der Waals surface area contributed by atoms with Crippen molar-refractivity contribution in [3.8, 4) is 0 Å². The Kier molecular flexibility index (Phi) is 4.82. The maximum absolute atomic E-state index is 11.7. The molecule has 5 nitrogen and oxygen atoms in total. The van der Waals surface area contributed by atoms with Crippen LogP contribution in [-0.4, -0.2) is 22.1 Å². The van der Waals surface area contributed by atoms with Crippen molar-refractivity contribution in [3.05, 3.63) is 5.01 Å². The minimum absolute atomic E-state index is 0.165. The molecular weight excluding hydrogens is 224 g/mol. The third kappa shape index (κ3) is 3.24. The first kappa shape index (κ1) is 13.1. The number of carbonyl (C=O) groups excluding carboxylic acids is 1. The van der Waals surface area contributed by atoms with Crippen molar-refractivity contribution in [2.24, 2.45) is 11.7 Å². The molecule has 16 heavy (non-hydrogen) atoms. The van der Waals surface area contributed by atoms with Gasteiger partial charge in [0.25, 0.3) is 0 Å². The van der Waals surface area contributed by atoms with Crippen LogP contribution in [-0.2, 0) is 11.2 Å². The predicted octanol–water partition coefficient (Wildman–Crippen LogP) is 1.41. The van der Waals surface area contributed by atoms with Crippen molar-refractivity contribution in [3.63, 3.8) is 0 Å². The van der Waals surface area contributed by atoms with Gasteiger partial charge in [0.05, 0.1) is 6.04 Å². The molecule has 0 spiro atoms. The molecule has 0 aliphatic rings. The molecular formula is C10H18N4OS. The Balaban J connectivity index is 2.57. The Hall–Kier alpha value is -1.01. The Morgan fingerprint density at radius 1 is 1.50 bits per heavy atom. The van der Waals surface area contributed by atoms with E-state index in [1.54, 1.807) is 0 Å². The van der Waals surface area contributed by atoms with Gasteiger partial charge in [0.1, 0.15) is 5.01 Å². The molecule has 0 saturated heterocycles. The number of amides is 1. The summed E-state index contributed by atoms with van der Waals surface area (Å²) in [6, 6.07) is -0.487. The standard InChI is InChI=1S/C10H18N4OS/c1-4-6(3)8(11)9(15)12-10-14-13-7(5-2)16-10/h6,8H,4-5,11H2,1-3H3,(H,12,14,15)/t6?,8-/m0/s1. The van der Waals surface area contributed by atoms with Crippen molar-refractivity contribution in [1.82, 2.24) is 10.2 Å². The monoisotopic (exact) mass is 242 g/mol. The number of aromatic nitrogens is 2. The number of nitrogens with two attached hydrogens (primary N) is 1. The lowest BCUT2D eigenvalue weighted by molar-refractivity contribution is -0.118. The van der Waals surface area contributed by atoms with Crippen LogP contribution in [0.15, 0.2) is 0 Å². The van der Waals surface area contributed by atoms with Gasteiger partial charge in [0.2, 0.25) is 11.0 Å². The molecule has 0 saturated carbocycles. The molecule has 0 fully saturated rings. The van der Waals surface area contributed by atoms with Crippen LogP contribution in [0.2, 0.25) is 0 Å². The summed E-state index contributed by atoms with van der Waals surface area (Å²) < 4.78 is 0. The second kappa shape index (κ2) is 5.91. The maximum atomic E-state index is 11.7. The van der Waals surface area contributed by atoms with Crippen LogP contribution in [0, 0.1) is 5.92 Å². The molecule has 1 heterocycles. The summed E-state index contributed by atoms with van der Waals surface area (Å²) in [4.78, 5) is 11.7. The second-order valence-electron chi connectivity index (χ2n) is 3.76. The summed E-state index contributed by atoms with van der Waals surface area (Å²) in [6.07, 6.45) is 1.70. The van der Waals surface area contributed by atoms with Gasteiger partial charge in [-0.25, -0.2) is 0 Å². The average molecular weight is 242 g/mol. The van der Waals surface area contributed by atoms with Crippen molar-refractivity contribution in [2.45, 2.75) is 39.7 Å². The molecule has 1 amide bonds. The smallest absolute Gasteiger partial charge is 0.243 e. The van der Waals surface area contributed by atoms with E-state index in [-0.39, 0.29) is 11.8 Å². The molecule has 1 aromatic heterocycles. The third-order valence-electron chi connectivity index (χ3n) is 2.56. The van der Waals surface area contributed by atoms with Crippen molar-refractivity contribution in [1.29, 1.82) is 0 Å². The molecule has 1 aromatic rings. The number of anilines is 1. The summed E-state index contributed by atoms with van der Waals surface area (Å²) >= 11 is 1.39. The average Bonchev–Trinajstić information content (AvgIpc) is 2.74. The van der Waals surface area contributed by atoms with Crippen LogP contribution in [0.25, 0.3) is 0 Å². The molecule has 0 aliphatic heterocycles. The van der Waals surface area contributed by atoms with Gasteiger partial charge in [-0.2, -0.15) is 0 Å². The van der Waals surface area contributed by atoms with Crippen LogP contribution in [0.4, 0.5) is 5.13 Å². The Morgan fingerprint density at radius 2 is 2.19 bits per heavy atom. The van der Waals surface area contributed by atoms with E-state index in [1.165, 1.54) is 11.3 Å². The molecule has 0 aromatic carbocycles. The van der Waals surface area contributed by atoms with Crippen LogP contribution >= 0.6 is 11.3 Å². The van der Waals surface area contributed by atoms with Gasteiger partial charge >= 0.3 is 0 Å². The van der Waals surface area contributed by atoms with E-state index < -0.39 is 6.04 Å². The number of carbonyl (C=O) groups is 1. The first-order valence-electron chi connectivity index (χ1n) is 5.47. The summed E-state index contributed by atoms with van der Waals surface area (Å²) in [5.74, 6) is -0.0216. The summed E-state index contributed by atoms with van der Waals surface area (Å²) in [5, 5.41) is 11.9. The number of nitrogens with zero attached hydrogens (tertiary/aromatic N) is 2. The van der Waals surface area contributed by atoms with Crippen LogP contribution in [0.3, 0.4) is 0 Å². The van der Waals surface area contributed by atoms with Gasteiger partial charge < -0.3 is 5.73 Å². The first-order chi connectivity index (χ1) is 7.58. The lowest BCUT2D eigenvalue weighted by atomic mass is 10.00. The van der Waals surface area contributed by atoms with Crippen LogP contribution in [0.5, 0.6) is 0 Å². The highest BCUT2D eigenvalue weighted by Gasteiger charge is 2.20. The molecule has 3 N–H and O–H groups in total. The van der Waals surface area contributed by atoms with Crippen molar-refractivity contribution < 1.29 is 4.79 Å². The molecule has 0 bridgehead atoms. The van der Waals surface area contributed by atoms with E-state index >= 15 is 0 Å². The minimum atomic E-state index is -0.487. The largest absolute Gasteiger partial charge is 0.320 e. The zero-order chi connectivity index (χ0) is 12.1. The fourth-order valence-electron chi connectivity index (χ4n) is 1.15. The van der Waals surface area contributed by atoms with E-state index in [9.17, 15) is 4.79 Å². The van der Waals surface area contributed by atoms with Gasteiger partial charge in [0, 0.05) is 0 Å². The summed E-state index contributed by atoms with van der Waals surface area (Å²) in [5.41, 5.74) is 5.80. The van der Waals surface area contributed by atoms with Crippen LogP contribution < -0.4 is 11.1 Å². The highest BCUT2D eigenvalue weighted by Crippen LogP contribution is 2.16. The SMILES string of the molecule is CCc1nnc(NC(=O)[C@@H](N)C(C)CC)s1. The van der Waals surface area contributed by atoms with Crippen molar-refractivity contribution >= 4 is 22.4 Å². The molecule has 1 unspecified atom stereocenters. The van der Waals surface area contributed by atoms with Crippen molar-refractivity contribution in [2.75, 3.05) is 5.32 Å². The number of rotatable bonds is 5. The van der Waals surface area contributed by atoms with E-state index in [4.69, 9.17) is 5.73 Å². The van der Waals surface area contributed by atoms with Gasteiger partial charge in [0.15, 0.2) is 0 Å². The van der Waals surface area contributed by atoms with E-state index in [0.29, 0.717) is 5.13 Å². The number of hydrogen-bond donors (Lipinski definition) is 2. The zero-order valence-corrected chi connectivity index (χ0v) is 10.7. The topological polar surface area (TPSA) is 80.9 Å². The van der Waals surface area contributed by atoms with Gasteiger partial charge in [-0.1, -0.05) is 38.5 Å². The Labute approximate surface area is 99.5 Å². The molecule has 0 aliphatic carbocycles. The molecule has 2 atom stereocenters. The second-order valence-corrected chi connectivity index (χ2v) is 4.82. The first-order valence-corrected chi connectivity index (χ1v) is 6.28. The fourth-order valence-corrected chi connectivity index (χ4v) is 1.83. The lowest BCUT2D eigenvalue weighted by Crippen LogP contribution is -2.40.